The van der Waals surface area contributed by atoms with Crippen molar-refractivity contribution in [1.29, 1.82) is 0 Å². The van der Waals surface area contributed by atoms with Crippen LogP contribution in [0.2, 0.25) is 0 Å². The van der Waals surface area contributed by atoms with E-state index < -0.39 is 12.0 Å². The predicted octanol–water partition coefficient (Wildman–Crippen LogP) is 1.91. The molecule has 9 heteroatoms. The third-order valence-corrected chi connectivity index (χ3v) is 5.41. The van der Waals surface area contributed by atoms with Gasteiger partial charge in [0.05, 0.1) is 5.57 Å². The lowest BCUT2D eigenvalue weighted by atomic mass is 10.0. The highest BCUT2D eigenvalue weighted by atomic mass is 19.1. The maximum atomic E-state index is 13.0. The molecule has 2 rings (SSSR count). The van der Waals surface area contributed by atoms with Crippen molar-refractivity contribution >= 4 is 23.4 Å². The van der Waals surface area contributed by atoms with Gasteiger partial charge in [0.2, 0.25) is 11.8 Å². The van der Waals surface area contributed by atoms with Gasteiger partial charge in [-0.3, -0.25) is 14.4 Å². The molecule has 1 aliphatic heterocycles. The average Bonchev–Trinajstić information content (AvgIpc) is 3.33. The van der Waals surface area contributed by atoms with Crippen LogP contribution in [-0.2, 0) is 14.4 Å². The van der Waals surface area contributed by atoms with Gasteiger partial charge in [-0.05, 0) is 56.5 Å². The lowest BCUT2D eigenvalue weighted by Crippen LogP contribution is -2.40. The summed E-state index contributed by atoms with van der Waals surface area (Å²) in [5.41, 5.74) is 7.43. The van der Waals surface area contributed by atoms with Crippen molar-refractivity contribution in [2.45, 2.75) is 39.2 Å². The zero-order valence-electron chi connectivity index (χ0n) is 19.5. The summed E-state index contributed by atoms with van der Waals surface area (Å²) in [7, 11) is 1.67. The fraction of sp³-hybridized carbons (Fsp3) is 0.458. The molecule has 0 radical (unpaired) electrons. The zero-order chi connectivity index (χ0) is 24.4. The highest BCUT2D eigenvalue weighted by Crippen LogP contribution is 2.14. The first kappa shape index (κ1) is 26.1. The molecule has 33 heavy (non-hydrogen) atoms. The summed E-state index contributed by atoms with van der Waals surface area (Å²) in [4.78, 5) is 39.3. The molecule has 8 nitrogen and oxygen atoms in total. The lowest BCUT2D eigenvalue weighted by Gasteiger charge is -2.18. The zero-order valence-corrected chi connectivity index (χ0v) is 19.5. The molecule has 1 heterocycles. The number of hydrogen-bond acceptors (Lipinski definition) is 5. The molecule has 0 spiro atoms. The molecule has 1 aliphatic rings. The molecule has 1 aromatic carbocycles. The van der Waals surface area contributed by atoms with Crippen LogP contribution in [0.1, 0.15) is 33.1 Å². The Bertz CT molecular complexity index is 892. The Morgan fingerprint density at radius 2 is 1.82 bits per heavy atom. The van der Waals surface area contributed by atoms with Gasteiger partial charge < -0.3 is 26.6 Å². The summed E-state index contributed by atoms with van der Waals surface area (Å²) in [5.74, 6) is -1.46. The van der Waals surface area contributed by atoms with Gasteiger partial charge in [0.15, 0.2) is 0 Å². The minimum Gasteiger partial charge on any atom is -0.393 e. The summed E-state index contributed by atoms with van der Waals surface area (Å²) in [5, 5.41) is 8.31. The highest BCUT2D eigenvalue weighted by Gasteiger charge is 2.21. The van der Waals surface area contributed by atoms with E-state index in [2.05, 4.69) is 16.0 Å². The molecular weight excluding hydrogens is 425 g/mol. The van der Waals surface area contributed by atoms with Crippen molar-refractivity contribution < 1.29 is 18.8 Å². The summed E-state index contributed by atoms with van der Waals surface area (Å²) in [6.45, 7) is 5.08. The molecule has 1 aromatic rings. The van der Waals surface area contributed by atoms with Gasteiger partial charge in [0, 0.05) is 56.1 Å². The van der Waals surface area contributed by atoms with Crippen molar-refractivity contribution in [2.24, 2.45) is 11.7 Å². The number of rotatable bonds is 10. The van der Waals surface area contributed by atoms with Gasteiger partial charge in [-0.25, -0.2) is 4.39 Å². The molecule has 0 bridgehead atoms. The summed E-state index contributed by atoms with van der Waals surface area (Å²) < 4.78 is 13.0. The number of nitrogens with one attached hydrogen (secondary N) is 3. The molecule has 3 amide bonds. The van der Waals surface area contributed by atoms with Crippen molar-refractivity contribution in [1.82, 2.24) is 15.5 Å². The first-order chi connectivity index (χ1) is 15.7. The highest BCUT2D eigenvalue weighted by molar-refractivity contribution is 6.00. The van der Waals surface area contributed by atoms with Gasteiger partial charge in [-0.2, -0.15) is 0 Å². The minimum atomic E-state index is -0.449. The van der Waals surface area contributed by atoms with Crippen molar-refractivity contribution in [2.75, 3.05) is 32.0 Å². The summed E-state index contributed by atoms with van der Waals surface area (Å²) >= 11 is 0. The Kier molecular flexibility index (Phi) is 10.1. The van der Waals surface area contributed by atoms with Crippen LogP contribution in [-0.4, -0.2) is 55.3 Å². The number of halogens is 1. The third kappa shape index (κ3) is 8.34. The molecular formula is C24H34FN5O3. The molecule has 180 valence electrons. The maximum absolute atomic E-state index is 13.0. The Balaban J connectivity index is 1.86. The normalized spacial score (nSPS) is 16.2. The number of nitrogens with two attached hydrogens (primary N) is 1. The molecule has 0 aromatic heterocycles. The van der Waals surface area contributed by atoms with Gasteiger partial charge >= 0.3 is 0 Å². The van der Waals surface area contributed by atoms with Gasteiger partial charge in [-0.15, -0.1) is 0 Å². The third-order valence-electron chi connectivity index (χ3n) is 5.41. The van der Waals surface area contributed by atoms with Crippen LogP contribution in [0.3, 0.4) is 0 Å². The first-order valence-electron chi connectivity index (χ1n) is 11.2. The Labute approximate surface area is 194 Å². The van der Waals surface area contributed by atoms with Crippen LogP contribution < -0.4 is 21.7 Å². The monoisotopic (exact) mass is 459 g/mol. The number of nitrogens with zero attached hydrogens (tertiary/aromatic N) is 1. The van der Waals surface area contributed by atoms with E-state index in [0.29, 0.717) is 23.3 Å². The molecule has 0 saturated carbocycles. The predicted molar refractivity (Wildman–Crippen MR) is 127 cm³/mol. The van der Waals surface area contributed by atoms with E-state index in [1.807, 2.05) is 0 Å². The van der Waals surface area contributed by atoms with Crippen LogP contribution in [0.25, 0.3) is 0 Å². The second-order valence-electron chi connectivity index (χ2n) is 8.32. The maximum Gasteiger partial charge on any atom is 0.252 e. The number of amides is 3. The average molecular weight is 460 g/mol. The van der Waals surface area contributed by atoms with Gasteiger partial charge in [-0.1, -0.05) is 6.92 Å². The number of anilines is 1. The number of carbonyl (C=O) groups is 3. The standard InChI is InChI=1S/C24H34FN5O3/c1-16(22(31)29-21-8-6-19(25)7-9-21)13-20(26)15-28-23(32)18(14-27-3)12-17(2)24(33)30-10-4-5-11-30/h6-9,12,14,16,20,27H,4-5,10-11,13,15,26H2,1-3H3,(H,28,32)(H,29,31)/b17-12+,18-14+. The van der Waals surface area contributed by atoms with E-state index in [1.54, 1.807) is 31.9 Å². The summed E-state index contributed by atoms with van der Waals surface area (Å²) in [6, 6.07) is 5.06. The van der Waals surface area contributed by atoms with E-state index in [1.165, 1.54) is 30.5 Å². The smallest absolute Gasteiger partial charge is 0.252 e. The molecule has 2 unspecified atom stereocenters. The lowest BCUT2D eigenvalue weighted by molar-refractivity contribution is -0.126. The summed E-state index contributed by atoms with van der Waals surface area (Å²) in [6.07, 6.45) is 5.44. The van der Waals surface area contributed by atoms with Crippen LogP contribution in [0.4, 0.5) is 10.1 Å². The molecule has 2 atom stereocenters. The van der Waals surface area contributed by atoms with E-state index in [-0.39, 0.29) is 30.1 Å². The largest absolute Gasteiger partial charge is 0.393 e. The van der Waals surface area contributed by atoms with Crippen LogP contribution in [0, 0.1) is 11.7 Å². The first-order valence-corrected chi connectivity index (χ1v) is 11.2. The molecule has 0 aliphatic carbocycles. The SMILES string of the molecule is CN/C=C(\C=C(/C)C(=O)N1CCCC1)C(=O)NCC(N)CC(C)C(=O)Nc1ccc(F)cc1. The van der Waals surface area contributed by atoms with Crippen LogP contribution in [0.5, 0.6) is 0 Å². The number of hydrogen-bond donors (Lipinski definition) is 4. The van der Waals surface area contributed by atoms with E-state index in [0.717, 1.165) is 25.9 Å². The fourth-order valence-corrected chi connectivity index (χ4v) is 3.56. The Morgan fingerprint density at radius 3 is 2.42 bits per heavy atom. The van der Waals surface area contributed by atoms with Crippen molar-refractivity contribution in [3.05, 3.63) is 53.5 Å². The minimum absolute atomic E-state index is 0.0694. The Morgan fingerprint density at radius 1 is 1.18 bits per heavy atom. The molecule has 1 fully saturated rings. The fourth-order valence-electron chi connectivity index (χ4n) is 3.56. The van der Waals surface area contributed by atoms with Gasteiger partial charge in [0.1, 0.15) is 5.82 Å². The molecule has 1 saturated heterocycles. The van der Waals surface area contributed by atoms with Gasteiger partial charge in [0.25, 0.3) is 5.91 Å². The van der Waals surface area contributed by atoms with Crippen LogP contribution >= 0.6 is 0 Å². The van der Waals surface area contributed by atoms with E-state index >= 15 is 0 Å². The van der Waals surface area contributed by atoms with E-state index in [9.17, 15) is 18.8 Å². The number of carbonyl (C=O) groups excluding carboxylic acids is 3. The molecule has 5 N–H and O–H groups in total. The number of likely N-dealkylation sites (tertiary alicyclic amines) is 1. The Hall–Kier alpha value is -3.20. The van der Waals surface area contributed by atoms with E-state index in [4.69, 9.17) is 5.73 Å². The van der Waals surface area contributed by atoms with Crippen LogP contribution in [0.15, 0.2) is 47.7 Å². The van der Waals surface area contributed by atoms with Crippen molar-refractivity contribution in [3.63, 3.8) is 0 Å². The topological polar surface area (TPSA) is 117 Å². The second kappa shape index (κ2) is 12.7. The quantitative estimate of drug-likeness (QED) is 0.315. The number of benzene rings is 1. The second-order valence-corrected chi connectivity index (χ2v) is 8.32. The van der Waals surface area contributed by atoms with Crippen molar-refractivity contribution in [3.8, 4) is 0 Å².